The van der Waals surface area contributed by atoms with E-state index in [2.05, 4.69) is 37.7 Å². The van der Waals surface area contributed by atoms with Crippen LogP contribution < -0.4 is 4.90 Å². The predicted molar refractivity (Wildman–Crippen MR) is 116 cm³/mol. The van der Waals surface area contributed by atoms with Crippen LogP contribution in [0.15, 0.2) is 36.5 Å². The van der Waals surface area contributed by atoms with Gasteiger partial charge in [-0.3, -0.25) is 4.90 Å². The lowest BCUT2D eigenvalue weighted by Gasteiger charge is -2.35. The molecule has 0 unspecified atom stereocenters. The van der Waals surface area contributed by atoms with E-state index in [1.165, 1.54) is 5.75 Å². The Morgan fingerprint density at radius 1 is 1.15 bits per heavy atom. The number of para-hydroxylation sites is 2. The average molecular weight is 402 g/mol. The van der Waals surface area contributed by atoms with Crippen molar-refractivity contribution >= 4 is 40.2 Å². The molecule has 7 heteroatoms. The van der Waals surface area contributed by atoms with Crippen LogP contribution in [0.3, 0.4) is 0 Å². The van der Waals surface area contributed by atoms with Crippen molar-refractivity contribution in [2.45, 2.75) is 0 Å². The van der Waals surface area contributed by atoms with Crippen LogP contribution in [0.25, 0.3) is 22.4 Å². The Hall–Kier alpha value is -1.76. The molecule has 142 valence electrons. The molecule has 3 heterocycles. The molecule has 1 fully saturated rings. The van der Waals surface area contributed by atoms with Gasteiger partial charge in [0.15, 0.2) is 0 Å². The van der Waals surface area contributed by atoms with E-state index in [1.54, 1.807) is 6.20 Å². The topological polar surface area (TPSA) is 37.2 Å². The molecule has 0 bridgehead atoms. The SMILES string of the molecule is CSCCN1CCN(c2cc(-c3nc4ccccc4n3C)c(Cl)cn2)CC1. The summed E-state index contributed by atoms with van der Waals surface area (Å²) in [5, 5.41) is 0.635. The zero-order valence-corrected chi connectivity index (χ0v) is 17.3. The number of piperazine rings is 1. The third-order valence-corrected chi connectivity index (χ3v) is 6.07. The zero-order valence-electron chi connectivity index (χ0n) is 15.7. The lowest BCUT2D eigenvalue weighted by Crippen LogP contribution is -2.47. The van der Waals surface area contributed by atoms with Gasteiger partial charge in [-0.1, -0.05) is 23.7 Å². The first-order valence-corrected chi connectivity index (χ1v) is 11.0. The molecule has 1 aromatic carbocycles. The summed E-state index contributed by atoms with van der Waals surface area (Å²) >= 11 is 8.41. The van der Waals surface area contributed by atoms with Crippen molar-refractivity contribution in [2.75, 3.05) is 49.6 Å². The van der Waals surface area contributed by atoms with Gasteiger partial charge >= 0.3 is 0 Å². The fourth-order valence-electron chi connectivity index (χ4n) is 3.58. The van der Waals surface area contributed by atoms with Gasteiger partial charge in [0.25, 0.3) is 0 Å². The number of benzene rings is 1. The van der Waals surface area contributed by atoms with Crippen LogP contribution in [-0.2, 0) is 7.05 Å². The molecule has 0 radical (unpaired) electrons. The van der Waals surface area contributed by atoms with Crippen molar-refractivity contribution in [1.82, 2.24) is 19.4 Å². The number of anilines is 1. The lowest BCUT2D eigenvalue weighted by molar-refractivity contribution is 0.273. The number of fused-ring (bicyclic) bond motifs is 1. The van der Waals surface area contributed by atoms with Crippen molar-refractivity contribution in [2.24, 2.45) is 7.05 Å². The van der Waals surface area contributed by atoms with Gasteiger partial charge in [0.2, 0.25) is 0 Å². The first-order valence-electron chi connectivity index (χ1n) is 9.21. The van der Waals surface area contributed by atoms with E-state index >= 15 is 0 Å². The molecule has 0 spiro atoms. The molecule has 1 saturated heterocycles. The van der Waals surface area contributed by atoms with E-state index in [4.69, 9.17) is 16.6 Å². The number of aryl methyl sites for hydroxylation is 1. The molecule has 0 amide bonds. The largest absolute Gasteiger partial charge is 0.354 e. The predicted octanol–water partition coefficient (Wildman–Crippen LogP) is 3.77. The normalized spacial score (nSPS) is 15.6. The van der Waals surface area contributed by atoms with Crippen LogP contribution in [0, 0.1) is 0 Å². The Morgan fingerprint density at radius 3 is 2.67 bits per heavy atom. The lowest BCUT2D eigenvalue weighted by atomic mass is 10.2. The zero-order chi connectivity index (χ0) is 18.8. The van der Waals surface area contributed by atoms with Crippen molar-refractivity contribution in [3.63, 3.8) is 0 Å². The fourth-order valence-corrected chi connectivity index (χ4v) is 4.21. The highest BCUT2D eigenvalue weighted by Crippen LogP contribution is 2.31. The Kier molecular flexibility index (Phi) is 5.57. The summed E-state index contributed by atoms with van der Waals surface area (Å²) < 4.78 is 2.10. The molecular weight excluding hydrogens is 378 g/mol. The molecule has 0 saturated carbocycles. The van der Waals surface area contributed by atoms with Crippen molar-refractivity contribution < 1.29 is 0 Å². The second-order valence-electron chi connectivity index (χ2n) is 6.83. The number of rotatable bonds is 5. The first kappa shape index (κ1) is 18.6. The van der Waals surface area contributed by atoms with E-state index in [0.29, 0.717) is 5.02 Å². The van der Waals surface area contributed by atoms with Crippen LogP contribution in [0.2, 0.25) is 5.02 Å². The third kappa shape index (κ3) is 3.79. The fraction of sp³-hybridized carbons (Fsp3) is 0.400. The van der Waals surface area contributed by atoms with Crippen LogP contribution in [-0.4, -0.2) is 64.2 Å². The van der Waals surface area contributed by atoms with Crippen LogP contribution in [0.1, 0.15) is 0 Å². The summed E-state index contributed by atoms with van der Waals surface area (Å²) in [5.41, 5.74) is 3.02. The van der Waals surface area contributed by atoms with Gasteiger partial charge in [-0.25, -0.2) is 9.97 Å². The molecule has 0 atom stereocenters. The number of hydrogen-bond acceptors (Lipinski definition) is 5. The third-order valence-electron chi connectivity index (χ3n) is 5.18. The highest BCUT2D eigenvalue weighted by Gasteiger charge is 2.20. The summed E-state index contributed by atoms with van der Waals surface area (Å²) in [6, 6.07) is 10.2. The molecule has 0 aliphatic carbocycles. The van der Waals surface area contributed by atoms with Gasteiger partial charge in [-0.05, 0) is 24.5 Å². The number of aromatic nitrogens is 3. The second kappa shape index (κ2) is 8.09. The number of halogens is 1. The molecule has 27 heavy (non-hydrogen) atoms. The second-order valence-corrected chi connectivity index (χ2v) is 8.22. The Morgan fingerprint density at radius 2 is 1.93 bits per heavy atom. The molecule has 1 aliphatic rings. The summed E-state index contributed by atoms with van der Waals surface area (Å²) in [4.78, 5) is 14.3. The minimum absolute atomic E-state index is 0.635. The Labute approximate surface area is 169 Å². The average Bonchev–Trinajstić information content (AvgIpc) is 3.04. The maximum Gasteiger partial charge on any atom is 0.142 e. The van der Waals surface area contributed by atoms with Crippen molar-refractivity contribution in [3.8, 4) is 11.4 Å². The first-order chi connectivity index (χ1) is 13.2. The number of hydrogen-bond donors (Lipinski definition) is 0. The molecular formula is C20H24ClN5S. The summed E-state index contributed by atoms with van der Waals surface area (Å²) in [6.45, 7) is 5.29. The number of thioether (sulfide) groups is 1. The van der Waals surface area contributed by atoms with Crippen LogP contribution in [0.4, 0.5) is 5.82 Å². The van der Waals surface area contributed by atoms with E-state index in [1.807, 2.05) is 37.0 Å². The van der Waals surface area contributed by atoms with Gasteiger partial charge in [-0.2, -0.15) is 11.8 Å². The van der Waals surface area contributed by atoms with E-state index in [9.17, 15) is 0 Å². The molecule has 1 aliphatic heterocycles. The standard InChI is InChI=1S/C20H24ClN5S/c1-24-18-6-4-3-5-17(18)23-20(24)15-13-19(22-14-16(15)21)26-9-7-25(8-10-26)11-12-27-2/h3-6,13-14H,7-12H2,1-2H3. The number of nitrogens with zero attached hydrogens (tertiary/aromatic N) is 5. The van der Waals surface area contributed by atoms with Gasteiger partial charge in [0.05, 0.1) is 16.1 Å². The molecule has 2 aromatic heterocycles. The Bertz CT molecular complexity index is 933. The molecule has 3 aromatic rings. The van der Waals surface area contributed by atoms with Gasteiger partial charge in [0, 0.05) is 57.3 Å². The molecule has 0 N–H and O–H groups in total. The highest BCUT2D eigenvalue weighted by molar-refractivity contribution is 7.98. The maximum atomic E-state index is 6.50. The van der Waals surface area contributed by atoms with E-state index in [0.717, 1.165) is 61.0 Å². The van der Waals surface area contributed by atoms with Crippen LogP contribution >= 0.6 is 23.4 Å². The highest BCUT2D eigenvalue weighted by atomic mass is 35.5. The van der Waals surface area contributed by atoms with Gasteiger partial charge in [-0.15, -0.1) is 0 Å². The van der Waals surface area contributed by atoms with E-state index in [-0.39, 0.29) is 0 Å². The maximum absolute atomic E-state index is 6.50. The van der Waals surface area contributed by atoms with Crippen LogP contribution in [0.5, 0.6) is 0 Å². The summed E-state index contributed by atoms with van der Waals surface area (Å²) in [7, 11) is 2.03. The summed E-state index contributed by atoms with van der Waals surface area (Å²) in [6.07, 6.45) is 3.92. The minimum atomic E-state index is 0.635. The monoisotopic (exact) mass is 401 g/mol. The number of imidazole rings is 1. The smallest absolute Gasteiger partial charge is 0.142 e. The van der Waals surface area contributed by atoms with Gasteiger partial charge < -0.3 is 9.47 Å². The van der Waals surface area contributed by atoms with Gasteiger partial charge in [0.1, 0.15) is 11.6 Å². The Balaban J connectivity index is 1.60. The molecule has 5 nitrogen and oxygen atoms in total. The minimum Gasteiger partial charge on any atom is -0.354 e. The van der Waals surface area contributed by atoms with E-state index < -0.39 is 0 Å². The molecule has 4 rings (SSSR count). The quantitative estimate of drug-likeness (QED) is 0.650. The van der Waals surface area contributed by atoms with Crippen molar-refractivity contribution in [1.29, 1.82) is 0 Å². The van der Waals surface area contributed by atoms with Crippen molar-refractivity contribution in [3.05, 3.63) is 41.6 Å². The summed E-state index contributed by atoms with van der Waals surface area (Å²) in [5.74, 6) is 3.05. The number of pyridine rings is 1.